The zero-order valence-electron chi connectivity index (χ0n) is 6.60. The van der Waals surface area contributed by atoms with Crippen molar-refractivity contribution in [2.24, 2.45) is 11.8 Å². The summed E-state index contributed by atoms with van der Waals surface area (Å²) in [5.41, 5.74) is 0. The van der Waals surface area contributed by atoms with Crippen molar-refractivity contribution < 1.29 is 4.79 Å². The van der Waals surface area contributed by atoms with E-state index >= 15 is 0 Å². The Morgan fingerprint density at radius 2 is 1.60 bits per heavy atom. The van der Waals surface area contributed by atoms with Crippen LogP contribution in [0.4, 0.5) is 0 Å². The number of aldehydes is 1. The largest absolute Gasteiger partial charge is 0.303 e. The van der Waals surface area contributed by atoms with Gasteiger partial charge in [0, 0.05) is 5.92 Å². The summed E-state index contributed by atoms with van der Waals surface area (Å²) < 4.78 is 0. The van der Waals surface area contributed by atoms with Gasteiger partial charge in [0.05, 0.1) is 5.34 Å². The monoisotopic (exact) mass is 184 g/mol. The highest BCUT2D eigenvalue weighted by atomic mass is 35.5. The Hall–Kier alpha value is 0.250. The molecule has 0 aromatic carbocycles. The summed E-state index contributed by atoms with van der Waals surface area (Å²) in [4.78, 5) is 9.95. The summed E-state index contributed by atoms with van der Waals surface area (Å²) in [6.07, 6.45) is 0.991. The Morgan fingerprint density at radius 1 is 1.30 bits per heavy atom. The Labute approximate surface area is 72.7 Å². The second-order valence-corrected chi connectivity index (χ2v) is 3.15. The molecule has 0 aliphatic carbocycles. The van der Waals surface area contributed by atoms with E-state index in [1.165, 1.54) is 0 Å². The van der Waals surface area contributed by atoms with Gasteiger partial charge in [-0.25, -0.2) is 0 Å². The molecule has 0 saturated carbocycles. The van der Waals surface area contributed by atoms with Crippen LogP contribution in [0.25, 0.3) is 0 Å². The summed E-state index contributed by atoms with van der Waals surface area (Å²) in [6.45, 7) is 6.01. The van der Waals surface area contributed by atoms with E-state index in [0.29, 0.717) is 5.92 Å². The van der Waals surface area contributed by atoms with Crippen molar-refractivity contribution in [1.82, 2.24) is 0 Å². The topological polar surface area (TPSA) is 17.1 Å². The van der Waals surface area contributed by atoms with Crippen LogP contribution in [0.1, 0.15) is 20.8 Å². The van der Waals surface area contributed by atoms with Gasteiger partial charge >= 0.3 is 0 Å². The molecule has 1 unspecified atom stereocenters. The molecule has 0 fully saturated rings. The molecule has 62 valence electrons. The van der Waals surface area contributed by atoms with Crippen LogP contribution in [0.3, 0.4) is 0 Å². The van der Waals surface area contributed by atoms with Crippen LogP contribution in [0.5, 0.6) is 0 Å². The number of hydrogen-bond donors (Lipinski definition) is 0. The van der Waals surface area contributed by atoms with E-state index in [4.69, 9.17) is 23.2 Å². The minimum Gasteiger partial charge on any atom is -0.303 e. The number of carbonyl (C=O) groups is 1. The Kier molecular flexibility index (Phi) is 11.9. The van der Waals surface area contributed by atoms with E-state index < -0.39 is 0 Å². The Balaban J connectivity index is 0. The second kappa shape index (κ2) is 9.25. The highest BCUT2D eigenvalue weighted by Crippen LogP contribution is 2.04. The third-order valence-electron chi connectivity index (χ3n) is 1.27. The Morgan fingerprint density at radius 3 is 1.60 bits per heavy atom. The van der Waals surface area contributed by atoms with Crippen LogP contribution in [0.15, 0.2) is 0 Å². The number of hydrogen-bond acceptors (Lipinski definition) is 1. The fourth-order valence-corrected chi connectivity index (χ4v) is 0.157. The molecule has 0 N–H and O–H groups in total. The first-order valence-electron chi connectivity index (χ1n) is 3.17. The molecule has 0 aliphatic rings. The molecule has 10 heavy (non-hydrogen) atoms. The Bertz CT molecular complexity index is 74.0. The van der Waals surface area contributed by atoms with Gasteiger partial charge in [-0.15, -0.1) is 23.2 Å². The molecule has 1 atom stereocenters. The van der Waals surface area contributed by atoms with Crippen molar-refractivity contribution in [3.05, 3.63) is 0 Å². The highest BCUT2D eigenvalue weighted by Gasteiger charge is 2.02. The molecule has 0 aromatic rings. The zero-order valence-corrected chi connectivity index (χ0v) is 8.12. The number of alkyl halides is 2. The van der Waals surface area contributed by atoms with Gasteiger partial charge in [0.1, 0.15) is 6.29 Å². The van der Waals surface area contributed by atoms with Crippen molar-refractivity contribution in [2.75, 3.05) is 5.34 Å². The first kappa shape index (κ1) is 12.9. The number of carbonyl (C=O) groups excluding carboxylic acids is 1. The van der Waals surface area contributed by atoms with Gasteiger partial charge < -0.3 is 4.79 Å². The van der Waals surface area contributed by atoms with Crippen LogP contribution in [-0.2, 0) is 4.79 Å². The summed E-state index contributed by atoms with van der Waals surface area (Å²) in [6, 6.07) is 0. The average Bonchev–Trinajstić information content (AvgIpc) is 1.88. The van der Waals surface area contributed by atoms with Gasteiger partial charge in [0.2, 0.25) is 0 Å². The highest BCUT2D eigenvalue weighted by molar-refractivity contribution is 6.40. The SMILES string of the molecule is CC(C)C(C)C=O.ClCCl. The average molecular weight is 185 g/mol. The first-order valence-corrected chi connectivity index (χ1v) is 4.24. The predicted molar refractivity (Wildman–Crippen MR) is 46.6 cm³/mol. The lowest BCUT2D eigenvalue weighted by molar-refractivity contribution is -0.111. The summed E-state index contributed by atoms with van der Waals surface area (Å²) in [7, 11) is 0. The lowest BCUT2D eigenvalue weighted by Crippen LogP contribution is -2.03. The number of halogens is 2. The van der Waals surface area contributed by atoms with Crippen LogP contribution in [0.2, 0.25) is 0 Å². The predicted octanol–water partition coefficient (Wildman–Crippen LogP) is 2.90. The summed E-state index contributed by atoms with van der Waals surface area (Å²) in [5, 5.41) is 0.194. The molecule has 1 nitrogen and oxygen atoms in total. The lowest BCUT2D eigenvalue weighted by atomic mass is 10.0. The molecule has 3 heteroatoms. The van der Waals surface area contributed by atoms with E-state index in [9.17, 15) is 4.79 Å². The summed E-state index contributed by atoms with van der Waals surface area (Å²) >= 11 is 9.53. The normalized spacial score (nSPS) is 11.8. The van der Waals surface area contributed by atoms with Crippen molar-refractivity contribution >= 4 is 29.5 Å². The van der Waals surface area contributed by atoms with E-state index in [-0.39, 0.29) is 11.3 Å². The summed E-state index contributed by atoms with van der Waals surface area (Å²) in [5.74, 6) is 0.720. The standard InChI is InChI=1S/C6H12O.CH2Cl2/c1-5(2)6(3)4-7;2-1-3/h4-6H,1-3H3;1H2. The van der Waals surface area contributed by atoms with Crippen molar-refractivity contribution in [3.8, 4) is 0 Å². The first-order chi connectivity index (χ1) is 4.59. The van der Waals surface area contributed by atoms with Crippen LogP contribution >= 0.6 is 23.2 Å². The minimum atomic E-state index is 0.194. The van der Waals surface area contributed by atoms with Gasteiger partial charge in [-0.05, 0) is 5.92 Å². The van der Waals surface area contributed by atoms with Crippen molar-refractivity contribution in [3.63, 3.8) is 0 Å². The fourth-order valence-electron chi connectivity index (χ4n) is 0.157. The van der Waals surface area contributed by atoms with E-state index in [1.807, 2.05) is 20.8 Å². The second-order valence-electron chi connectivity index (χ2n) is 2.34. The van der Waals surface area contributed by atoms with Gasteiger partial charge in [-0.1, -0.05) is 20.8 Å². The molecule has 0 bridgehead atoms. The molecule has 0 aromatic heterocycles. The molecule has 0 spiro atoms. The molecular weight excluding hydrogens is 171 g/mol. The van der Waals surface area contributed by atoms with Crippen LogP contribution < -0.4 is 0 Å². The van der Waals surface area contributed by atoms with E-state index in [1.54, 1.807) is 0 Å². The van der Waals surface area contributed by atoms with Crippen LogP contribution in [0, 0.1) is 11.8 Å². The van der Waals surface area contributed by atoms with Gasteiger partial charge in [-0.2, -0.15) is 0 Å². The number of rotatable bonds is 2. The van der Waals surface area contributed by atoms with Crippen LogP contribution in [-0.4, -0.2) is 11.6 Å². The minimum absolute atomic E-state index is 0.194. The maximum atomic E-state index is 9.95. The van der Waals surface area contributed by atoms with Crippen molar-refractivity contribution in [1.29, 1.82) is 0 Å². The quantitative estimate of drug-likeness (QED) is 0.477. The van der Waals surface area contributed by atoms with Gasteiger partial charge in [0.25, 0.3) is 0 Å². The molecule has 0 aliphatic heterocycles. The maximum absolute atomic E-state index is 9.95. The van der Waals surface area contributed by atoms with E-state index in [0.717, 1.165) is 6.29 Å². The maximum Gasteiger partial charge on any atom is 0.123 e. The molecule has 0 amide bonds. The smallest absolute Gasteiger partial charge is 0.123 e. The van der Waals surface area contributed by atoms with Gasteiger partial charge in [0.15, 0.2) is 0 Å². The van der Waals surface area contributed by atoms with E-state index in [2.05, 4.69) is 0 Å². The fraction of sp³-hybridized carbons (Fsp3) is 0.857. The third-order valence-corrected chi connectivity index (χ3v) is 1.27. The molecule has 0 rings (SSSR count). The lowest BCUT2D eigenvalue weighted by Gasteiger charge is -2.04. The molecular formula is C7H14Cl2O. The van der Waals surface area contributed by atoms with Crippen molar-refractivity contribution in [2.45, 2.75) is 20.8 Å². The van der Waals surface area contributed by atoms with Gasteiger partial charge in [-0.3, -0.25) is 0 Å². The molecule has 0 heterocycles. The molecule has 0 saturated heterocycles. The third kappa shape index (κ3) is 11.1. The molecule has 0 radical (unpaired) electrons. The zero-order chi connectivity index (χ0) is 8.57.